The zero-order chi connectivity index (χ0) is 13.7. The van der Waals surface area contributed by atoms with E-state index in [0.29, 0.717) is 12.0 Å². The van der Waals surface area contributed by atoms with Crippen LogP contribution in [0.25, 0.3) is 0 Å². The fraction of sp³-hybridized carbons (Fsp3) is 0.667. The first-order chi connectivity index (χ1) is 8.30. The smallest absolute Gasteiger partial charge is 0.329 e. The van der Waals surface area contributed by atoms with Crippen molar-refractivity contribution in [1.29, 1.82) is 0 Å². The summed E-state index contributed by atoms with van der Waals surface area (Å²) in [6.07, 6.45) is 0.720. The molecule has 1 fully saturated rings. The number of rotatable bonds is 2. The molecule has 100 valence electrons. The molecule has 1 saturated carbocycles. The van der Waals surface area contributed by atoms with Crippen LogP contribution in [0, 0.1) is 12.3 Å². The number of nitrogens with zero attached hydrogens (tertiary/aromatic N) is 1. The summed E-state index contributed by atoms with van der Waals surface area (Å²) in [6.45, 7) is 5.59. The number of hydrogen-bond donors (Lipinski definition) is 1. The van der Waals surface area contributed by atoms with Gasteiger partial charge in [0.15, 0.2) is 0 Å². The second kappa shape index (κ2) is 4.24. The van der Waals surface area contributed by atoms with Crippen LogP contribution in [-0.4, -0.2) is 22.8 Å². The molecule has 0 amide bonds. The van der Waals surface area contributed by atoms with E-state index in [1.165, 1.54) is 4.57 Å². The molecule has 1 aromatic heterocycles. The second-order valence-corrected chi connectivity index (χ2v) is 5.72. The van der Waals surface area contributed by atoms with E-state index < -0.39 is 5.69 Å². The summed E-state index contributed by atoms with van der Waals surface area (Å²) in [6, 6.07) is -0.158. The van der Waals surface area contributed by atoms with Crippen LogP contribution in [0.15, 0.2) is 9.59 Å². The number of hydrogen-bond acceptors (Lipinski definition) is 3. The minimum atomic E-state index is -0.455. The Morgan fingerprint density at radius 1 is 1.44 bits per heavy atom. The summed E-state index contributed by atoms with van der Waals surface area (Å²) in [5.41, 5.74) is -0.654. The fourth-order valence-corrected chi connectivity index (χ4v) is 2.76. The molecule has 0 spiro atoms. The van der Waals surface area contributed by atoms with Crippen LogP contribution < -0.4 is 11.2 Å². The maximum absolute atomic E-state index is 12.1. The Balaban J connectivity index is 2.53. The molecule has 2 rings (SSSR count). The third-order valence-electron chi connectivity index (χ3n) is 4.03. The van der Waals surface area contributed by atoms with Crippen molar-refractivity contribution in [2.45, 2.75) is 39.3 Å². The molecule has 1 heterocycles. The maximum atomic E-state index is 12.1. The molecule has 2 unspecified atom stereocenters. The minimum absolute atomic E-state index is 0.0600. The number of aromatic nitrogens is 2. The van der Waals surface area contributed by atoms with Crippen LogP contribution >= 0.6 is 11.6 Å². The zero-order valence-electron chi connectivity index (χ0n) is 10.9. The highest BCUT2D eigenvalue weighted by molar-refractivity contribution is 6.30. The molecule has 0 aliphatic heterocycles. The lowest BCUT2D eigenvalue weighted by Crippen LogP contribution is -2.56. The third kappa shape index (κ3) is 1.73. The first-order valence-electron chi connectivity index (χ1n) is 5.84. The van der Waals surface area contributed by atoms with Crippen molar-refractivity contribution in [1.82, 2.24) is 9.55 Å². The van der Waals surface area contributed by atoms with Gasteiger partial charge in [-0.1, -0.05) is 25.4 Å². The summed E-state index contributed by atoms with van der Waals surface area (Å²) in [5, 5.41) is 0.113. The normalized spacial score (nSPS) is 25.8. The van der Waals surface area contributed by atoms with Crippen molar-refractivity contribution in [2.24, 2.45) is 5.41 Å². The summed E-state index contributed by atoms with van der Waals surface area (Å²) < 4.78 is 6.59. The van der Waals surface area contributed by atoms with E-state index >= 15 is 0 Å². The van der Waals surface area contributed by atoms with E-state index in [1.54, 1.807) is 14.0 Å². The molecule has 6 heteroatoms. The monoisotopic (exact) mass is 272 g/mol. The van der Waals surface area contributed by atoms with Crippen LogP contribution in [-0.2, 0) is 4.74 Å². The topological polar surface area (TPSA) is 64.1 Å². The summed E-state index contributed by atoms with van der Waals surface area (Å²) in [7, 11) is 1.64. The van der Waals surface area contributed by atoms with Crippen molar-refractivity contribution in [3.63, 3.8) is 0 Å². The van der Waals surface area contributed by atoms with E-state index in [0.717, 1.165) is 0 Å². The van der Waals surface area contributed by atoms with Crippen LogP contribution in [0.3, 0.4) is 0 Å². The minimum Gasteiger partial charge on any atom is -0.381 e. The lowest BCUT2D eigenvalue weighted by atomic mass is 9.64. The number of halogens is 1. The van der Waals surface area contributed by atoms with Gasteiger partial charge in [0.2, 0.25) is 0 Å². The number of H-pyrrole nitrogens is 1. The van der Waals surface area contributed by atoms with Gasteiger partial charge in [0.05, 0.1) is 12.1 Å². The Bertz CT molecular complexity index is 588. The highest BCUT2D eigenvalue weighted by Crippen LogP contribution is 2.49. The standard InChI is InChI=1S/C12H17ClN2O3/c1-6-9(13)14-11(17)15(10(6)16)7-5-8(18-4)12(7,2)3/h7-8H,5H2,1-4H3,(H,14,17). The highest BCUT2D eigenvalue weighted by Gasteiger charge is 2.50. The van der Waals surface area contributed by atoms with Gasteiger partial charge >= 0.3 is 5.69 Å². The average molecular weight is 273 g/mol. The predicted molar refractivity (Wildman–Crippen MR) is 69.3 cm³/mol. The molecular weight excluding hydrogens is 256 g/mol. The van der Waals surface area contributed by atoms with Crippen molar-refractivity contribution in [2.75, 3.05) is 7.11 Å². The van der Waals surface area contributed by atoms with Gasteiger partial charge in [0, 0.05) is 18.1 Å². The lowest BCUT2D eigenvalue weighted by Gasteiger charge is -2.51. The SMILES string of the molecule is COC1CC(n2c(=O)[nH]c(Cl)c(C)c2=O)C1(C)C. The Labute approximate surface area is 110 Å². The van der Waals surface area contributed by atoms with Gasteiger partial charge < -0.3 is 4.74 Å². The largest absolute Gasteiger partial charge is 0.381 e. The van der Waals surface area contributed by atoms with Gasteiger partial charge in [-0.05, 0) is 13.3 Å². The van der Waals surface area contributed by atoms with E-state index in [4.69, 9.17) is 16.3 Å². The van der Waals surface area contributed by atoms with Crippen molar-refractivity contribution in [3.05, 3.63) is 31.6 Å². The Hall–Kier alpha value is -1.07. The zero-order valence-corrected chi connectivity index (χ0v) is 11.7. The van der Waals surface area contributed by atoms with Gasteiger partial charge in [-0.2, -0.15) is 0 Å². The van der Waals surface area contributed by atoms with E-state index in [9.17, 15) is 9.59 Å². The van der Waals surface area contributed by atoms with E-state index in [1.807, 2.05) is 13.8 Å². The molecule has 2 atom stereocenters. The van der Waals surface area contributed by atoms with E-state index in [2.05, 4.69) is 4.98 Å². The summed E-state index contributed by atoms with van der Waals surface area (Å²) in [4.78, 5) is 26.6. The summed E-state index contributed by atoms with van der Waals surface area (Å²) >= 11 is 5.79. The third-order valence-corrected chi connectivity index (χ3v) is 4.40. The maximum Gasteiger partial charge on any atom is 0.329 e. The van der Waals surface area contributed by atoms with Crippen LogP contribution in [0.2, 0.25) is 5.15 Å². The van der Waals surface area contributed by atoms with Gasteiger partial charge in [-0.25, -0.2) is 4.79 Å². The fourth-order valence-electron chi connectivity index (χ4n) is 2.60. The number of methoxy groups -OCH3 is 1. The summed E-state index contributed by atoms with van der Waals surface area (Å²) in [5.74, 6) is 0. The van der Waals surface area contributed by atoms with Gasteiger partial charge in [-0.3, -0.25) is 14.3 Å². The van der Waals surface area contributed by atoms with Crippen molar-refractivity contribution >= 4 is 11.6 Å². The second-order valence-electron chi connectivity index (χ2n) is 5.34. The highest BCUT2D eigenvalue weighted by atomic mass is 35.5. The quantitative estimate of drug-likeness (QED) is 0.830. The van der Waals surface area contributed by atoms with Gasteiger partial charge in [0.1, 0.15) is 5.15 Å². The molecule has 0 bridgehead atoms. The average Bonchev–Trinajstić information content (AvgIpc) is 2.30. The Kier molecular flexibility index (Phi) is 3.15. The number of ether oxygens (including phenoxy) is 1. The van der Waals surface area contributed by atoms with E-state index in [-0.39, 0.29) is 28.3 Å². The molecule has 0 saturated heterocycles. The number of nitrogens with one attached hydrogen (secondary N) is 1. The van der Waals surface area contributed by atoms with Crippen LogP contribution in [0.1, 0.15) is 31.9 Å². The first-order valence-corrected chi connectivity index (χ1v) is 6.22. The first kappa shape index (κ1) is 13.4. The molecule has 0 radical (unpaired) electrons. The Morgan fingerprint density at radius 3 is 2.56 bits per heavy atom. The number of aromatic amines is 1. The molecule has 0 aromatic carbocycles. The Morgan fingerprint density at radius 2 is 2.06 bits per heavy atom. The molecule has 1 aliphatic carbocycles. The predicted octanol–water partition coefficient (Wildman–Crippen LogP) is 1.48. The van der Waals surface area contributed by atoms with Gasteiger partial charge in [0.25, 0.3) is 5.56 Å². The lowest BCUT2D eigenvalue weighted by molar-refractivity contribution is -0.115. The molecule has 1 aliphatic rings. The van der Waals surface area contributed by atoms with Crippen LogP contribution in [0.5, 0.6) is 0 Å². The van der Waals surface area contributed by atoms with Crippen molar-refractivity contribution in [3.8, 4) is 0 Å². The molecule has 18 heavy (non-hydrogen) atoms. The molecule has 5 nitrogen and oxygen atoms in total. The van der Waals surface area contributed by atoms with Crippen LogP contribution in [0.4, 0.5) is 0 Å². The molecule has 1 N–H and O–H groups in total. The molecular formula is C12H17ClN2O3. The van der Waals surface area contributed by atoms with Crippen molar-refractivity contribution < 1.29 is 4.74 Å². The molecule has 1 aromatic rings. The van der Waals surface area contributed by atoms with Gasteiger partial charge in [-0.15, -0.1) is 0 Å².